The molecule has 3 aliphatic heterocycles. The summed E-state index contributed by atoms with van der Waals surface area (Å²) in [6.07, 6.45) is 6.18. The van der Waals surface area contributed by atoms with Crippen molar-refractivity contribution >= 4 is 66.4 Å². The fourth-order valence-electron chi connectivity index (χ4n) is 5.74. The molecular formula is C38H49Ac3Cl2IN2O11. The van der Waals surface area contributed by atoms with Gasteiger partial charge in [-0.3, -0.25) is 0 Å². The van der Waals surface area contributed by atoms with Gasteiger partial charge in [0, 0.05) is 171 Å². The monoisotopic (exact) mass is 1590 g/mol. The molecule has 3 radical (unpaired) electrons. The Hall–Kier alpha value is 0.815. The summed E-state index contributed by atoms with van der Waals surface area (Å²) in [4.78, 5) is 49.3. The van der Waals surface area contributed by atoms with Crippen LogP contribution in [0.2, 0.25) is 0 Å². The number of aliphatic hydroxyl groups is 1. The van der Waals surface area contributed by atoms with Gasteiger partial charge in [-0.1, -0.05) is 73.5 Å². The Bertz CT molecular complexity index is 1630. The molecule has 2 unspecified atom stereocenters. The molecule has 0 aromatic heterocycles. The van der Waals surface area contributed by atoms with Crippen LogP contribution in [-0.4, -0.2) is 87.8 Å². The first-order chi connectivity index (χ1) is 25.9. The van der Waals surface area contributed by atoms with Gasteiger partial charge in [0.25, 0.3) is 0 Å². The average Bonchev–Trinajstić information content (AvgIpc) is 3.47. The van der Waals surface area contributed by atoms with E-state index in [0.29, 0.717) is 26.2 Å². The third kappa shape index (κ3) is 21.2. The van der Waals surface area contributed by atoms with Crippen molar-refractivity contribution in [3.8, 4) is 0 Å². The Morgan fingerprint density at radius 3 is 1.67 bits per heavy atom. The average molecular weight is 1590 g/mol. The number of benzene rings is 3. The number of fused-ring (bicyclic) bond motifs is 1. The van der Waals surface area contributed by atoms with Gasteiger partial charge in [-0.25, -0.2) is 9.59 Å². The molecule has 0 saturated carbocycles. The molecule has 3 aromatic rings. The number of halogens is 3. The Kier molecular flexibility index (Phi) is 31.2. The van der Waals surface area contributed by atoms with Crippen LogP contribution in [0.1, 0.15) is 60.0 Å². The molecule has 13 nitrogen and oxygen atoms in total. The number of aliphatic hydroxyl groups excluding tert-OH is 1. The number of hydrogen-bond acceptors (Lipinski definition) is 11. The molecule has 0 spiro atoms. The molecule has 0 aliphatic carbocycles. The van der Waals surface area contributed by atoms with Crippen LogP contribution >= 0.6 is 41.9 Å². The number of aldehydes is 1. The molecular weight excluding hydrogens is 1540 g/mol. The van der Waals surface area contributed by atoms with E-state index < -0.39 is 24.7 Å². The van der Waals surface area contributed by atoms with Crippen LogP contribution in [0, 0.1) is 148 Å². The molecule has 2 saturated heterocycles. The Morgan fingerprint density at radius 1 is 0.737 bits per heavy atom. The maximum Gasteiger partial charge on any atom is 0.410 e. The molecule has 4 N–H and O–H groups in total. The minimum Gasteiger partial charge on any atom is -0.445 e. The number of carbonyl (C=O) groups excluding carboxylic acids is 4. The third-order valence-electron chi connectivity index (χ3n) is 8.52. The summed E-state index contributed by atoms with van der Waals surface area (Å²) in [5.74, 6) is -0.754. The van der Waals surface area contributed by atoms with Crippen LogP contribution in [0.5, 0.6) is 0 Å². The van der Waals surface area contributed by atoms with Gasteiger partial charge < -0.3 is 29.2 Å². The van der Waals surface area contributed by atoms with Gasteiger partial charge in [0.05, 0.1) is 5.34 Å². The van der Waals surface area contributed by atoms with E-state index in [-0.39, 0.29) is 184 Å². The quantitative estimate of drug-likeness (QED) is 0.117. The summed E-state index contributed by atoms with van der Waals surface area (Å²) < 4.78 is 42.7. The van der Waals surface area contributed by atoms with Crippen molar-refractivity contribution < 1.29 is 179 Å². The van der Waals surface area contributed by atoms with E-state index in [2.05, 4.69) is 3.07 Å². The molecule has 0 bridgehead atoms. The maximum absolute atomic E-state index is 12.0. The summed E-state index contributed by atoms with van der Waals surface area (Å²) in [7, 11) is 0. The molecule has 307 valence electrons. The summed E-state index contributed by atoms with van der Waals surface area (Å²) in [6.45, 7) is 3.22. The standard InChI is InChI=1S/C15H21NO3.C15H19NO3.C7H7IO5.CH2Cl2.3Ac/c2*17-11-14-8-4-5-9-16(10-14)15(18)19-12-13-6-2-1-3-7-13;9-7-5-3-1-2-4-6(5)8(10,11,12)13-7;2-1-3;;;/h1-3,6-7,14,17H,4-5,8-12H2;1-3,6-7,11,14H,4-5,8-10,12H2;1-4,10-12H;1H2;;;. The molecule has 2 fully saturated rings. The van der Waals surface area contributed by atoms with Gasteiger partial charge in [0.2, 0.25) is 0 Å². The molecule has 3 aromatic carbocycles. The Balaban J connectivity index is 0.000000788. The van der Waals surface area contributed by atoms with E-state index in [0.717, 1.165) is 62.5 Å². The van der Waals surface area contributed by atoms with Crippen molar-refractivity contribution in [3.63, 3.8) is 0 Å². The van der Waals surface area contributed by atoms with Gasteiger partial charge in [0.15, 0.2) is 0 Å². The first-order valence-electron chi connectivity index (χ1n) is 17.4. The van der Waals surface area contributed by atoms with E-state index in [9.17, 15) is 34.6 Å². The molecule has 19 heteroatoms. The normalized spacial score (nSPS) is 19.3. The molecule has 2 amide bonds. The van der Waals surface area contributed by atoms with E-state index in [1.54, 1.807) is 15.9 Å². The predicted octanol–water partition coefficient (Wildman–Crippen LogP) is 6.70. The largest absolute Gasteiger partial charge is 0.445 e. The third-order valence-corrected chi connectivity index (χ3v) is 12.7. The van der Waals surface area contributed by atoms with E-state index in [1.165, 1.54) is 18.2 Å². The Labute approximate surface area is 454 Å². The number of likely N-dealkylation sites (tertiary alicyclic amines) is 2. The second kappa shape index (κ2) is 30.8. The molecule has 57 heavy (non-hydrogen) atoms. The van der Waals surface area contributed by atoms with Crippen LogP contribution in [0.4, 0.5) is 9.59 Å². The fraction of sp³-hybridized carbons (Fsp3) is 0.421. The van der Waals surface area contributed by atoms with Crippen LogP contribution in [0.15, 0.2) is 84.9 Å². The van der Waals surface area contributed by atoms with E-state index in [1.807, 2.05) is 60.7 Å². The number of ether oxygens (including phenoxy) is 2. The van der Waals surface area contributed by atoms with Crippen LogP contribution < -0.4 is 0 Å². The molecule has 2 atom stereocenters. The maximum atomic E-state index is 12.0. The summed E-state index contributed by atoms with van der Waals surface area (Å²) >= 11 is 3.57. The minimum absolute atomic E-state index is 0. The number of rotatable bonds is 6. The van der Waals surface area contributed by atoms with Crippen molar-refractivity contribution in [3.05, 3.63) is 105 Å². The van der Waals surface area contributed by atoms with Gasteiger partial charge >= 0.3 is 88.4 Å². The molecule has 6 rings (SSSR count). The number of nitrogens with zero attached hydrogens (tertiary/aromatic N) is 2. The Morgan fingerprint density at radius 2 is 1.19 bits per heavy atom. The van der Waals surface area contributed by atoms with Crippen molar-refractivity contribution in [2.45, 2.75) is 51.7 Å². The van der Waals surface area contributed by atoms with Gasteiger partial charge in [-0.05, 0) is 42.7 Å². The van der Waals surface area contributed by atoms with Gasteiger partial charge in [-0.2, -0.15) is 0 Å². The molecule has 3 heterocycles. The van der Waals surface area contributed by atoms with Crippen molar-refractivity contribution in [2.24, 2.45) is 11.8 Å². The summed E-state index contributed by atoms with van der Waals surface area (Å²) in [5, 5.41) is 9.44. The first kappa shape index (κ1) is 57.8. The number of carbonyl (C=O) groups is 4. The zero-order valence-corrected chi connectivity index (χ0v) is 49.5. The topological polar surface area (TPSA) is 183 Å². The number of hydrogen-bond donors (Lipinski definition) is 4. The van der Waals surface area contributed by atoms with Gasteiger partial charge in [-0.15, -0.1) is 23.2 Å². The minimum atomic E-state index is -5.96. The summed E-state index contributed by atoms with van der Waals surface area (Å²) in [6, 6.07) is 24.9. The van der Waals surface area contributed by atoms with Crippen LogP contribution in [0.3, 0.4) is 0 Å². The van der Waals surface area contributed by atoms with Crippen molar-refractivity contribution in [2.75, 3.05) is 38.1 Å². The zero-order chi connectivity index (χ0) is 39.4. The van der Waals surface area contributed by atoms with Crippen LogP contribution in [0.25, 0.3) is 0 Å². The van der Waals surface area contributed by atoms with E-state index >= 15 is 0 Å². The molecule has 3 aliphatic rings. The SMILES string of the molecule is ClCCl.O=C(OCc1ccccc1)N1CCCCC(CO)C1.O=C1OI(O)(O)(O)c2ccccc21.O=CC1CCCCN(C(=O)OCc2ccccc2)C1.[Ac].[Ac].[Ac]. The van der Waals surface area contributed by atoms with Crippen LogP contribution in [-0.2, 0) is 30.5 Å². The first-order valence-corrected chi connectivity index (χ1v) is 23.4. The second-order valence-corrected chi connectivity index (χ2v) is 19.4. The van der Waals surface area contributed by atoms with Gasteiger partial charge in [0.1, 0.15) is 19.5 Å². The van der Waals surface area contributed by atoms with Crippen molar-refractivity contribution in [1.29, 1.82) is 0 Å². The predicted molar refractivity (Wildman–Crippen MR) is 212 cm³/mol. The number of amides is 2. The zero-order valence-electron chi connectivity index (χ0n) is 31.6. The van der Waals surface area contributed by atoms with Crippen molar-refractivity contribution in [1.82, 2.24) is 9.80 Å². The smallest absolute Gasteiger partial charge is 0.410 e. The number of alkyl halides is 2. The summed E-state index contributed by atoms with van der Waals surface area (Å²) in [5.41, 5.74) is 1.98. The van der Waals surface area contributed by atoms with E-state index in [4.69, 9.17) is 32.7 Å². The second-order valence-electron chi connectivity index (χ2n) is 12.6. The fourth-order valence-corrected chi connectivity index (χ4v) is 9.21.